The number of rotatable bonds is 5. The van der Waals surface area contributed by atoms with E-state index >= 15 is 0 Å². The maximum atomic E-state index is 4.68. The van der Waals surface area contributed by atoms with Gasteiger partial charge in [0, 0.05) is 20.6 Å². The molecule has 0 fully saturated rings. The molecule has 0 aliphatic heterocycles. The lowest BCUT2D eigenvalue weighted by atomic mass is 10.1. The molecule has 0 spiro atoms. The molecule has 2 aromatic carbocycles. The van der Waals surface area contributed by atoms with E-state index in [1.165, 1.54) is 11.1 Å². The third-order valence-corrected chi connectivity index (χ3v) is 4.46. The molecule has 130 valence electrons. The van der Waals surface area contributed by atoms with Gasteiger partial charge in [-0.1, -0.05) is 43.3 Å². The zero-order chi connectivity index (χ0) is 17.6. The van der Waals surface area contributed by atoms with Gasteiger partial charge in [0.15, 0.2) is 5.96 Å². The summed E-state index contributed by atoms with van der Waals surface area (Å²) in [6.45, 7) is 3.56. The van der Waals surface area contributed by atoms with Crippen molar-refractivity contribution in [3.8, 4) is 0 Å². The first-order chi connectivity index (χ1) is 12.2. The maximum Gasteiger partial charge on any atom is 0.191 e. The fourth-order valence-corrected chi connectivity index (χ4v) is 2.99. The molecule has 0 unspecified atom stereocenters. The van der Waals surface area contributed by atoms with E-state index in [2.05, 4.69) is 62.4 Å². The Bertz CT molecular complexity index is 879. The first-order valence-corrected chi connectivity index (χ1v) is 8.64. The van der Waals surface area contributed by atoms with Gasteiger partial charge in [0.25, 0.3) is 0 Å². The molecule has 3 rings (SSSR count). The van der Waals surface area contributed by atoms with Crippen molar-refractivity contribution in [2.24, 2.45) is 12.0 Å². The van der Waals surface area contributed by atoms with Gasteiger partial charge >= 0.3 is 0 Å². The van der Waals surface area contributed by atoms with E-state index in [1.807, 2.05) is 25.2 Å². The zero-order valence-corrected chi connectivity index (χ0v) is 15.1. The van der Waals surface area contributed by atoms with Crippen molar-refractivity contribution in [2.75, 3.05) is 7.05 Å². The predicted molar refractivity (Wildman–Crippen MR) is 104 cm³/mol. The smallest absolute Gasteiger partial charge is 0.191 e. The van der Waals surface area contributed by atoms with E-state index in [-0.39, 0.29) is 0 Å². The third kappa shape index (κ3) is 3.82. The number of nitrogens with one attached hydrogen (secondary N) is 2. The van der Waals surface area contributed by atoms with Crippen LogP contribution in [0.5, 0.6) is 0 Å². The Hall–Kier alpha value is -2.82. The van der Waals surface area contributed by atoms with Crippen molar-refractivity contribution < 1.29 is 0 Å². The quantitative estimate of drug-likeness (QED) is 0.557. The molecule has 0 radical (unpaired) electrons. The van der Waals surface area contributed by atoms with Gasteiger partial charge in [0.2, 0.25) is 0 Å². The monoisotopic (exact) mass is 335 g/mol. The lowest BCUT2D eigenvalue weighted by molar-refractivity contribution is 0.735. The molecule has 5 heteroatoms. The largest absolute Gasteiger partial charge is 0.352 e. The van der Waals surface area contributed by atoms with Crippen LogP contribution in [0, 0.1) is 0 Å². The molecule has 25 heavy (non-hydrogen) atoms. The summed E-state index contributed by atoms with van der Waals surface area (Å²) in [5.41, 5.74) is 4.82. The second-order valence-corrected chi connectivity index (χ2v) is 5.98. The van der Waals surface area contributed by atoms with Crippen LogP contribution in [0.25, 0.3) is 11.0 Å². The van der Waals surface area contributed by atoms with Gasteiger partial charge in [-0.05, 0) is 29.7 Å². The number of guanidine groups is 1. The van der Waals surface area contributed by atoms with Gasteiger partial charge in [-0.15, -0.1) is 0 Å². The van der Waals surface area contributed by atoms with E-state index in [0.29, 0.717) is 6.54 Å². The number of imidazole rings is 1. The molecular weight excluding hydrogens is 310 g/mol. The number of hydrogen-bond acceptors (Lipinski definition) is 2. The predicted octanol–water partition coefficient (Wildman–Crippen LogP) is 3.00. The fourth-order valence-electron chi connectivity index (χ4n) is 2.99. The molecule has 0 bridgehead atoms. The molecule has 0 saturated heterocycles. The highest BCUT2D eigenvalue weighted by Gasteiger charge is 2.08. The van der Waals surface area contributed by atoms with Crippen molar-refractivity contribution in [1.29, 1.82) is 0 Å². The number of benzene rings is 2. The van der Waals surface area contributed by atoms with Crippen LogP contribution in [0.15, 0.2) is 53.5 Å². The summed E-state index contributed by atoms with van der Waals surface area (Å²) in [7, 11) is 3.83. The molecule has 2 N–H and O–H groups in total. The first kappa shape index (κ1) is 17.0. The Kier molecular flexibility index (Phi) is 5.33. The maximum absolute atomic E-state index is 4.68. The van der Waals surface area contributed by atoms with E-state index < -0.39 is 0 Å². The molecular formula is C20H25N5. The highest BCUT2D eigenvalue weighted by Crippen LogP contribution is 2.14. The Morgan fingerprint density at radius 2 is 1.68 bits per heavy atom. The van der Waals surface area contributed by atoms with E-state index in [4.69, 9.17) is 0 Å². The van der Waals surface area contributed by atoms with Crippen LogP contribution < -0.4 is 10.6 Å². The van der Waals surface area contributed by atoms with E-state index in [0.717, 1.165) is 35.8 Å². The minimum Gasteiger partial charge on any atom is -0.352 e. The molecule has 0 amide bonds. The minimum absolute atomic E-state index is 0.625. The number of aliphatic imine (C=N–C) groups is 1. The average Bonchev–Trinajstić information content (AvgIpc) is 2.98. The Morgan fingerprint density at radius 3 is 2.40 bits per heavy atom. The van der Waals surface area contributed by atoms with Gasteiger partial charge in [-0.3, -0.25) is 4.99 Å². The number of fused-ring (bicyclic) bond motifs is 1. The van der Waals surface area contributed by atoms with Gasteiger partial charge in [0.1, 0.15) is 5.82 Å². The van der Waals surface area contributed by atoms with Crippen molar-refractivity contribution in [3.63, 3.8) is 0 Å². The molecule has 0 aliphatic carbocycles. The molecule has 1 aromatic heterocycles. The molecule has 5 nitrogen and oxygen atoms in total. The fraction of sp³-hybridized carbons (Fsp3) is 0.300. The van der Waals surface area contributed by atoms with Gasteiger partial charge in [-0.2, -0.15) is 0 Å². The first-order valence-electron chi connectivity index (χ1n) is 8.64. The summed E-state index contributed by atoms with van der Waals surface area (Å²) in [6.07, 6.45) is 1.03. The van der Waals surface area contributed by atoms with Gasteiger partial charge in [-0.25, -0.2) is 4.98 Å². The highest BCUT2D eigenvalue weighted by molar-refractivity contribution is 5.80. The number of hydrogen-bond donors (Lipinski definition) is 2. The Morgan fingerprint density at radius 1 is 1.00 bits per heavy atom. The van der Waals surface area contributed by atoms with Crippen LogP contribution in [-0.4, -0.2) is 22.6 Å². The molecule has 1 heterocycles. The van der Waals surface area contributed by atoms with Crippen LogP contribution in [0.4, 0.5) is 0 Å². The standard InChI is InChI=1S/C20H25N5/c1-4-15-9-5-6-10-16(15)13-22-20(21-2)23-14-19-24-17-11-7-8-12-18(17)25(19)3/h5-12H,4,13-14H2,1-3H3,(H2,21,22,23). The zero-order valence-electron chi connectivity index (χ0n) is 15.1. The molecule has 0 aliphatic rings. The van der Waals surface area contributed by atoms with Crippen LogP contribution >= 0.6 is 0 Å². The van der Waals surface area contributed by atoms with E-state index in [9.17, 15) is 0 Å². The van der Waals surface area contributed by atoms with Crippen LogP contribution in [0.1, 0.15) is 23.9 Å². The Labute approximate surface area is 148 Å². The second-order valence-electron chi connectivity index (χ2n) is 5.98. The van der Waals surface area contributed by atoms with Crippen molar-refractivity contribution in [2.45, 2.75) is 26.4 Å². The number of para-hydroxylation sites is 2. The molecule has 0 saturated carbocycles. The summed E-state index contributed by atoms with van der Waals surface area (Å²) in [4.78, 5) is 9.00. The van der Waals surface area contributed by atoms with Gasteiger partial charge in [0.05, 0.1) is 17.6 Å². The number of nitrogens with zero attached hydrogens (tertiary/aromatic N) is 3. The van der Waals surface area contributed by atoms with Crippen LogP contribution in [-0.2, 0) is 26.6 Å². The molecule has 3 aromatic rings. The van der Waals surface area contributed by atoms with Crippen molar-refractivity contribution in [3.05, 3.63) is 65.5 Å². The number of aryl methyl sites for hydroxylation is 2. The minimum atomic E-state index is 0.625. The van der Waals surface area contributed by atoms with Crippen molar-refractivity contribution in [1.82, 2.24) is 20.2 Å². The van der Waals surface area contributed by atoms with Crippen LogP contribution in [0.2, 0.25) is 0 Å². The highest BCUT2D eigenvalue weighted by atomic mass is 15.2. The SMILES string of the molecule is CCc1ccccc1CNC(=NC)NCc1nc2ccccc2n1C. The lowest BCUT2D eigenvalue weighted by Gasteiger charge is -2.13. The molecule has 0 atom stereocenters. The summed E-state index contributed by atoms with van der Waals surface area (Å²) < 4.78 is 2.11. The normalized spacial score (nSPS) is 11.7. The van der Waals surface area contributed by atoms with Gasteiger partial charge < -0.3 is 15.2 Å². The third-order valence-electron chi connectivity index (χ3n) is 4.46. The number of aromatic nitrogens is 2. The van der Waals surface area contributed by atoms with E-state index in [1.54, 1.807) is 7.05 Å². The van der Waals surface area contributed by atoms with Crippen LogP contribution in [0.3, 0.4) is 0 Å². The summed E-state index contributed by atoms with van der Waals surface area (Å²) in [6, 6.07) is 16.7. The summed E-state index contributed by atoms with van der Waals surface area (Å²) in [5.74, 6) is 1.76. The van der Waals surface area contributed by atoms with Crippen molar-refractivity contribution >= 4 is 17.0 Å². The second kappa shape index (κ2) is 7.83. The summed E-state index contributed by atoms with van der Waals surface area (Å²) in [5, 5.41) is 6.74. The lowest BCUT2D eigenvalue weighted by Crippen LogP contribution is -2.37. The summed E-state index contributed by atoms with van der Waals surface area (Å²) >= 11 is 0. The average molecular weight is 335 g/mol. The Balaban J connectivity index is 1.63. The topological polar surface area (TPSA) is 54.2 Å².